The summed E-state index contributed by atoms with van der Waals surface area (Å²) < 4.78 is 2.03. The first-order chi connectivity index (χ1) is 16.6. The van der Waals surface area contributed by atoms with Gasteiger partial charge < -0.3 is 10.2 Å². The molecule has 7 nitrogen and oxygen atoms in total. The van der Waals surface area contributed by atoms with Crippen molar-refractivity contribution in [3.05, 3.63) is 72.3 Å². The molecule has 6 rings (SSSR count). The van der Waals surface area contributed by atoms with E-state index in [-0.39, 0.29) is 5.91 Å². The van der Waals surface area contributed by atoms with E-state index in [2.05, 4.69) is 50.6 Å². The molecule has 7 heteroatoms. The van der Waals surface area contributed by atoms with Gasteiger partial charge in [0.2, 0.25) is 5.91 Å². The van der Waals surface area contributed by atoms with Gasteiger partial charge in [0.05, 0.1) is 12.2 Å². The van der Waals surface area contributed by atoms with Crippen LogP contribution in [0.3, 0.4) is 0 Å². The highest BCUT2D eigenvalue weighted by Crippen LogP contribution is 2.35. The molecule has 0 spiro atoms. The molecule has 2 aliphatic heterocycles. The molecular formula is C27H30N6O. The Morgan fingerprint density at radius 3 is 2.68 bits per heavy atom. The Hall–Kier alpha value is -3.29. The normalized spacial score (nSPS) is 22.6. The van der Waals surface area contributed by atoms with Crippen LogP contribution in [-0.2, 0) is 11.3 Å². The zero-order chi connectivity index (χ0) is 23.1. The highest BCUT2D eigenvalue weighted by atomic mass is 16.1. The second-order valence-electron chi connectivity index (χ2n) is 9.83. The number of piperazine rings is 1. The van der Waals surface area contributed by atoms with Gasteiger partial charge in [-0.2, -0.15) is 5.10 Å². The summed E-state index contributed by atoms with van der Waals surface area (Å²) in [6, 6.07) is 12.1. The Morgan fingerprint density at radius 1 is 1.09 bits per heavy atom. The van der Waals surface area contributed by atoms with E-state index in [1.807, 2.05) is 35.2 Å². The molecule has 2 aromatic heterocycles. The number of rotatable bonds is 7. The van der Waals surface area contributed by atoms with Crippen molar-refractivity contribution in [2.75, 3.05) is 25.5 Å². The van der Waals surface area contributed by atoms with Gasteiger partial charge in [0.25, 0.3) is 0 Å². The zero-order valence-electron chi connectivity index (χ0n) is 19.5. The number of likely N-dealkylation sites (N-methyl/N-ethyl adjacent to an activating group) is 1. The molecule has 0 radical (unpaired) electrons. The summed E-state index contributed by atoms with van der Waals surface area (Å²) in [6.07, 6.45) is 14.6. The Kier molecular flexibility index (Phi) is 5.51. The molecule has 2 atom stereocenters. The van der Waals surface area contributed by atoms with Crippen molar-refractivity contribution in [1.29, 1.82) is 0 Å². The zero-order valence-corrected chi connectivity index (χ0v) is 19.5. The Morgan fingerprint density at radius 2 is 1.94 bits per heavy atom. The van der Waals surface area contributed by atoms with E-state index in [4.69, 9.17) is 0 Å². The number of anilines is 1. The molecule has 1 saturated carbocycles. The quantitative estimate of drug-likeness (QED) is 0.550. The Labute approximate surface area is 200 Å². The van der Waals surface area contributed by atoms with E-state index in [9.17, 15) is 4.79 Å². The van der Waals surface area contributed by atoms with Gasteiger partial charge in [0.1, 0.15) is 0 Å². The Balaban J connectivity index is 1.07. The van der Waals surface area contributed by atoms with Gasteiger partial charge in [-0.3, -0.25) is 19.4 Å². The van der Waals surface area contributed by atoms with Gasteiger partial charge in [0.15, 0.2) is 0 Å². The summed E-state index contributed by atoms with van der Waals surface area (Å²) in [4.78, 5) is 21.9. The van der Waals surface area contributed by atoms with Gasteiger partial charge in [0, 0.05) is 73.2 Å². The maximum atomic E-state index is 12.6. The monoisotopic (exact) mass is 454 g/mol. The van der Waals surface area contributed by atoms with Crippen molar-refractivity contribution in [2.24, 2.45) is 0 Å². The van der Waals surface area contributed by atoms with Crippen molar-refractivity contribution in [2.45, 2.75) is 43.9 Å². The molecule has 2 bridgehead atoms. The number of aromatic nitrogens is 3. The van der Waals surface area contributed by atoms with Crippen LogP contribution in [0.4, 0.5) is 5.69 Å². The highest BCUT2D eigenvalue weighted by Gasteiger charge is 2.40. The van der Waals surface area contributed by atoms with Crippen LogP contribution in [0.15, 0.2) is 61.2 Å². The molecule has 1 N–H and O–H groups in total. The summed E-state index contributed by atoms with van der Waals surface area (Å²) in [5.74, 6) is -0.156. The van der Waals surface area contributed by atoms with Crippen LogP contribution in [0.1, 0.15) is 36.4 Å². The predicted molar refractivity (Wildman–Crippen MR) is 133 cm³/mol. The molecule has 1 aromatic carbocycles. The van der Waals surface area contributed by atoms with Crippen molar-refractivity contribution in [3.63, 3.8) is 0 Å². The lowest BCUT2D eigenvalue weighted by Gasteiger charge is -2.31. The molecule has 4 heterocycles. The number of hydrogen-bond donors (Lipinski definition) is 1. The topological polar surface area (TPSA) is 66.3 Å². The standard InChI is InChI=1S/C27H30N6O/c1-31-17-25-12-24(31)18-32(25)15-19-2-5-22(6-3-19)30-27(34)9-4-20-13-28-11-10-26(20)21-14-29-33(16-21)23-7-8-23/h2-6,9-11,13-14,16,23-25H,7-8,12,15,17-18H2,1H3,(H,30,34). The van der Waals surface area contributed by atoms with Crippen LogP contribution in [0.2, 0.25) is 0 Å². The molecular weight excluding hydrogens is 424 g/mol. The van der Waals surface area contributed by atoms with Crippen molar-refractivity contribution in [3.8, 4) is 11.1 Å². The molecule has 34 heavy (non-hydrogen) atoms. The summed E-state index contributed by atoms with van der Waals surface area (Å²) in [5, 5.41) is 7.46. The third kappa shape index (κ3) is 4.41. The fourth-order valence-electron chi connectivity index (χ4n) is 5.24. The summed E-state index contributed by atoms with van der Waals surface area (Å²) in [6.45, 7) is 3.30. The van der Waals surface area contributed by atoms with Gasteiger partial charge in [-0.1, -0.05) is 12.1 Å². The molecule has 1 amide bonds. The third-order valence-electron chi connectivity index (χ3n) is 7.33. The number of pyridine rings is 1. The van der Waals surface area contributed by atoms with Crippen LogP contribution in [0.5, 0.6) is 0 Å². The first-order valence-corrected chi connectivity index (χ1v) is 12.1. The average molecular weight is 455 g/mol. The van der Waals surface area contributed by atoms with Crippen molar-refractivity contribution < 1.29 is 4.79 Å². The minimum atomic E-state index is -0.156. The summed E-state index contributed by atoms with van der Waals surface area (Å²) in [7, 11) is 2.23. The molecule has 3 aromatic rings. The number of nitrogens with one attached hydrogen (secondary N) is 1. The molecule has 174 valence electrons. The second kappa shape index (κ2) is 8.81. The molecule has 2 unspecified atom stereocenters. The molecule has 2 saturated heterocycles. The number of hydrogen-bond acceptors (Lipinski definition) is 5. The van der Waals surface area contributed by atoms with E-state index in [1.54, 1.807) is 18.5 Å². The predicted octanol–water partition coefficient (Wildman–Crippen LogP) is 3.82. The fraction of sp³-hybridized carbons (Fsp3) is 0.370. The molecule has 1 aliphatic carbocycles. The largest absolute Gasteiger partial charge is 0.323 e. The summed E-state index contributed by atoms with van der Waals surface area (Å²) >= 11 is 0. The average Bonchev–Trinajstić information content (AvgIpc) is 3.28. The van der Waals surface area contributed by atoms with E-state index in [1.165, 1.54) is 31.4 Å². The lowest BCUT2D eigenvalue weighted by Crippen LogP contribution is -2.43. The van der Waals surface area contributed by atoms with Crippen LogP contribution < -0.4 is 5.32 Å². The van der Waals surface area contributed by atoms with Crippen molar-refractivity contribution >= 4 is 17.7 Å². The first-order valence-electron chi connectivity index (χ1n) is 12.1. The number of likely N-dealkylation sites (tertiary alicyclic amines) is 2. The first kappa shape index (κ1) is 21.3. The molecule has 3 fully saturated rings. The number of carbonyl (C=O) groups excluding carboxylic acids is 1. The van der Waals surface area contributed by atoms with Gasteiger partial charge in [-0.25, -0.2) is 0 Å². The maximum absolute atomic E-state index is 12.6. The Bertz CT molecular complexity index is 1210. The van der Waals surface area contributed by atoms with Gasteiger partial charge in [-0.05, 0) is 61.7 Å². The number of carbonyl (C=O) groups is 1. The number of amides is 1. The minimum Gasteiger partial charge on any atom is -0.323 e. The van der Waals surface area contributed by atoms with Crippen LogP contribution in [-0.4, -0.2) is 62.7 Å². The van der Waals surface area contributed by atoms with Gasteiger partial charge in [-0.15, -0.1) is 0 Å². The SMILES string of the molecule is CN1CC2CC1CN2Cc1ccc(NC(=O)C=Cc2cnccc2-c2cnn(C3CC3)c2)cc1. The number of fused-ring (bicyclic) bond motifs is 2. The van der Waals surface area contributed by atoms with E-state index in [0.717, 1.165) is 35.5 Å². The third-order valence-corrected chi connectivity index (χ3v) is 7.33. The lowest BCUT2D eigenvalue weighted by atomic mass is 10.0. The highest BCUT2D eigenvalue weighted by molar-refractivity contribution is 6.02. The maximum Gasteiger partial charge on any atom is 0.248 e. The fourth-order valence-corrected chi connectivity index (χ4v) is 5.24. The van der Waals surface area contributed by atoms with E-state index in [0.29, 0.717) is 18.1 Å². The van der Waals surface area contributed by atoms with Gasteiger partial charge >= 0.3 is 0 Å². The van der Waals surface area contributed by atoms with E-state index >= 15 is 0 Å². The number of nitrogens with zero attached hydrogens (tertiary/aromatic N) is 5. The van der Waals surface area contributed by atoms with Crippen molar-refractivity contribution in [1.82, 2.24) is 24.6 Å². The summed E-state index contributed by atoms with van der Waals surface area (Å²) in [5.41, 5.74) is 5.06. The van der Waals surface area contributed by atoms with E-state index < -0.39 is 0 Å². The smallest absolute Gasteiger partial charge is 0.248 e. The van der Waals surface area contributed by atoms with Crippen LogP contribution >= 0.6 is 0 Å². The van der Waals surface area contributed by atoms with Crippen LogP contribution in [0, 0.1) is 0 Å². The van der Waals surface area contributed by atoms with Crippen LogP contribution in [0.25, 0.3) is 17.2 Å². The second-order valence-corrected chi connectivity index (χ2v) is 9.83. The molecule has 3 aliphatic rings. The lowest BCUT2D eigenvalue weighted by molar-refractivity contribution is -0.111. The number of benzene rings is 1. The minimum absolute atomic E-state index is 0.156.